The molecule has 0 bridgehead atoms. The van der Waals surface area contributed by atoms with E-state index in [0.29, 0.717) is 48.4 Å². The van der Waals surface area contributed by atoms with Crippen LogP contribution in [0.5, 0.6) is 0 Å². The molecular formula is C27H35N3O4S. The molecule has 0 aromatic heterocycles. The van der Waals surface area contributed by atoms with E-state index in [1.165, 1.54) is 11.0 Å². The SMILES string of the molecule is [2H]C([2H])(c1ccc(-c2ccccc2S(N)(=O)=O)c(COCC)c1)N1C(=O)C2(CCCC2)N=C1CCCC. The summed E-state index contributed by atoms with van der Waals surface area (Å²) in [6, 6.07) is 11.4. The Morgan fingerprint density at radius 1 is 1.14 bits per heavy atom. The van der Waals surface area contributed by atoms with E-state index in [4.69, 9.17) is 17.6 Å². The molecule has 2 N–H and O–H groups in total. The zero-order chi connectivity index (χ0) is 26.8. The van der Waals surface area contributed by atoms with Gasteiger partial charge < -0.3 is 4.74 Å². The number of amidine groups is 1. The second-order valence-corrected chi connectivity index (χ2v) is 10.7. The highest BCUT2D eigenvalue weighted by molar-refractivity contribution is 7.89. The van der Waals surface area contributed by atoms with Crippen molar-refractivity contribution in [3.63, 3.8) is 0 Å². The molecule has 1 amide bonds. The van der Waals surface area contributed by atoms with Gasteiger partial charge in [-0.15, -0.1) is 0 Å². The van der Waals surface area contributed by atoms with Crippen LogP contribution in [0.15, 0.2) is 52.4 Å². The van der Waals surface area contributed by atoms with Crippen molar-refractivity contribution < 1.29 is 20.7 Å². The number of nitrogens with zero attached hydrogens (tertiary/aromatic N) is 2. The van der Waals surface area contributed by atoms with Gasteiger partial charge in [0.05, 0.1) is 20.7 Å². The Bertz CT molecular complexity index is 1300. The highest BCUT2D eigenvalue weighted by Crippen LogP contribution is 2.40. The van der Waals surface area contributed by atoms with Gasteiger partial charge in [0, 0.05) is 18.6 Å². The van der Waals surface area contributed by atoms with Gasteiger partial charge in [-0.25, -0.2) is 13.6 Å². The highest BCUT2D eigenvalue weighted by atomic mass is 32.2. The Kier molecular flexibility index (Phi) is 6.93. The second kappa shape index (κ2) is 10.6. The van der Waals surface area contributed by atoms with Crippen molar-refractivity contribution in [2.45, 2.75) is 82.3 Å². The van der Waals surface area contributed by atoms with E-state index in [2.05, 4.69) is 6.92 Å². The maximum Gasteiger partial charge on any atom is 0.256 e. The number of carbonyl (C=O) groups excluding carboxylic acids is 1. The summed E-state index contributed by atoms with van der Waals surface area (Å²) in [5.41, 5.74) is 1.04. The fraction of sp³-hybridized carbons (Fsp3) is 0.481. The standard InChI is InChI=1S/C27H35N3O4S/c1-3-5-12-25-29-27(15-8-9-16-27)26(31)30(25)18-20-13-14-22(21(17-20)19-34-4-2)23-10-6-7-11-24(23)35(28,32)33/h6-7,10-11,13-14,17H,3-5,8-9,12,15-16,18-19H2,1-2H3,(H2,28,32,33)/i18D2. The van der Waals surface area contributed by atoms with E-state index in [0.717, 1.165) is 25.7 Å². The Hall–Kier alpha value is -2.55. The lowest BCUT2D eigenvalue weighted by Gasteiger charge is -2.23. The summed E-state index contributed by atoms with van der Waals surface area (Å²) in [6.45, 7) is 2.33. The first kappa shape index (κ1) is 22.9. The summed E-state index contributed by atoms with van der Waals surface area (Å²) in [5, 5.41) is 5.48. The van der Waals surface area contributed by atoms with E-state index in [1.807, 2.05) is 6.92 Å². The van der Waals surface area contributed by atoms with Gasteiger partial charge in [0.15, 0.2) is 0 Å². The van der Waals surface area contributed by atoms with E-state index in [-0.39, 0.29) is 23.0 Å². The molecule has 7 nitrogen and oxygen atoms in total. The molecule has 2 aromatic rings. The first-order chi connectivity index (χ1) is 17.5. The Morgan fingerprint density at radius 2 is 1.89 bits per heavy atom. The lowest BCUT2D eigenvalue weighted by Crippen LogP contribution is -2.40. The number of amides is 1. The third kappa shape index (κ3) is 5.34. The van der Waals surface area contributed by atoms with E-state index in [9.17, 15) is 13.2 Å². The number of primary sulfonamides is 1. The molecule has 1 heterocycles. The number of hydrogen-bond donors (Lipinski definition) is 1. The molecule has 1 fully saturated rings. The molecule has 4 rings (SSSR count). The number of ether oxygens (including phenoxy) is 1. The molecule has 2 aliphatic rings. The van der Waals surface area contributed by atoms with Crippen molar-refractivity contribution in [3.8, 4) is 11.1 Å². The average molecular weight is 500 g/mol. The van der Waals surface area contributed by atoms with Crippen LogP contribution in [0.1, 0.15) is 72.7 Å². The zero-order valence-corrected chi connectivity index (χ0v) is 21.2. The number of nitrogens with two attached hydrogens (primary N) is 1. The molecule has 1 spiro atoms. The molecule has 1 aliphatic carbocycles. The van der Waals surface area contributed by atoms with Crippen LogP contribution in [0.2, 0.25) is 0 Å². The summed E-state index contributed by atoms with van der Waals surface area (Å²) in [5.74, 6) is 0.241. The fourth-order valence-corrected chi connectivity index (χ4v) is 5.65. The van der Waals surface area contributed by atoms with Gasteiger partial charge in [0.1, 0.15) is 11.4 Å². The fourth-order valence-electron chi connectivity index (χ4n) is 4.90. The van der Waals surface area contributed by atoms with Crippen molar-refractivity contribution >= 4 is 21.8 Å². The zero-order valence-electron chi connectivity index (χ0n) is 22.4. The maximum absolute atomic E-state index is 13.7. The van der Waals surface area contributed by atoms with Crippen LogP contribution in [-0.4, -0.2) is 37.2 Å². The molecule has 0 unspecified atom stereocenters. The van der Waals surface area contributed by atoms with Crippen LogP contribution in [0.3, 0.4) is 0 Å². The summed E-state index contributed by atoms with van der Waals surface area (Å²) >= 11 is 0. The Balaban J connectivity index is 1.80. The molecule has 8 heteroatoms. The van der Waals surface area contributed by atoms with Gasteiger partial charge in [-0.2, -0.15) is 0 Å². The van der Waals surface area contributed by atoms with Gasteiger partial charge >= 0.3 is 0 Å². The predicted octanol–water partition coefficient (Wildman–Crippen LogP) is 4.78. The molecule has 188 valence electrons. The smallest absolute Gasteiger partial charge is 0.256 e. The van der Waals surface area contributed by atoms with Crippen LogP contribution < -0.4 is 5.14 Å². The minimum Gasteiger partial charge on any atom is -0.377 e. The molecule has 35 heavy (non-hydrogen) atoms. The van der Waals surface area contributed by atoms with Crippen LogP contribution >= 0.6 is 0 Å². The number of unbranched alkanes of at least 4 members (excludes halogenated alkanes) is 1. The van der Waals surface area contributed by atoms with Crippen molar-refractivity contribution in [3.05, 3.63) is 53.6 Å². The first-order valence-corrected chi connectivity index (χ1v) is 13.9. The van der Waals surface area contributed by atoms with Crippen molar-refractivity contribution in [2.24, 2.45) is 10.1 Å². The predicted molar refractivity (Wildman–Crippen MR) is 137 cm³/mol. The molecule has 2 aromatic carbocycles. The third-order valence-corrected chi connectivity index (χ3v) is 7.65. The second-order valence-electron chi connectivity index (χ2n) is 9.17. The van der Waals surface area contributed by atoms with Crippen LogP contribution in [0, 0.1) is 0 Å². The average Bonchev–Trinajstić information content (AvgIpc) is 3.45. The topological polar surface area (TPSA) is 102 Å². The van der Waals surface area contributed by atoms with E-state index < -0.39 is 22.1 Å². The number of rotatable bonds is 10. The number of hydrogen-bond acceptors (Lipinski definition) is 5. The normalized spacial score (nSPS) is 18.7. The summed E-state index contributed by atoms with van der Waals surface area (Å²) in [7, 11) is -3.99. The quantitative estimate of drug-likeness (QED) is 0.508. The molecular weight excluding hydrogens is 462 g/mol. The van der Waals surface area contributed by atoms with Gasteiger partial charge in [0.25, 0.3) is 5.91 Å². The molecule has 0 atom stereocenters. The monoisotopic (exact) mass is 499 g/mol. The van der Waals surface area contributed by atoms with Crippen molar-refractivity contribution in [1.29, 1.82) is 0 Å². The van der Waals surface area contributed by atoms with Gasteiger partial charge in [-0.1, -0.05) is 62.6 Å². The lowest BCUT2D eigenvalue weighted by molar-refractivity contribution is -0.131. The van der Waals surface area contributed by atoms with Crippen molar-refractivity contribution in [1.82, 2.24) is 4.90 Å². The highest BCUT2D eigenvalue weighted by Gasteiger charge is 2.49. The van der Waals surface area contributed by atoms with Crippen LogP contribution in [-0.2, 0) is 32.7 Å². The Labute approximate surface area is 211 Å². The number of aliphatic imine (C=N–C) groups is 1. The summed E-state index contributed by atoms with van der Waals surface area (Å²) in [4.78, 5) is 19.8. The third-order valence-electron chi connectivity index (χ3n) is 6.68. The van der Waals surface area contributed by atoms with E-state index in [1.54, 1.807) is 36.4 Å². The van der Waals surface area contributed by atoms with Crippen LogP contribution in [0.4, 0.5) is 0 Å². The number of benzene rings is 2. The van der Waals surface area contributed by atoms with Crippen molar-refractivity contribution in [2.75, 3.05) is 6.61 Å². The maximum atomic E-state index is 13.7. The van der Waals surface area contributed by atoms with Crippen LogP contribution in [0.25, 0.3) is 11.1 Å². The summed E-state index contributed by atoms with van der Waals surface area (Å²) in [6.07, 6.45) is 5.36. The minimum atomic E-state index is -3.99. The molecule has 1 aliphatic heterocycles. The minimum absolute atomic E-state index is 0.0182. The van der Waals surface area contributed by atoms with E-state index >= 15 is 0 Å². The number of carbonyl (C=O) groups is 1. The Morgan fingerprint density at radius 3 is 2.57 bits per heavy atom. The summed E-state index contributed by atoms with van der Waals surface area (Å²) < 4.78 is 48.5. The van der Waals surface area contributed by atoms with Gasteiger partial charge in [-0.05, 0) is 48.9 Å². The molecule has 0 saturated heterocycles. The van der Waals surface area contributed by atoms with Gasteiger partial charge in [-0.3, -0.25) is 14.7 Å². The number of sulfonamides is 1. The molecule has 1 saturated carbocycles. The first-order valence-electron chi connectivity index (χ1n) is 13.3. The molecule has 0 radical (unpaired) electrons. The van der Waals surface area contributed by atoms with Gasteiger partial charge in [0.2, 0.25) is 10.0 Å². The lowest BCUT2D eigenvalue weighted by atomic mass is 9.96. The largest absolute Gasteiger partial charge is 0.377 e.